The lowest BCUT2D eigenvalue weighted by Crippen LogP contribution is -2.26. The van der Waals surface area contributed by atoms with Crippen LogP contribution in [0.25, 0.3) is 0 Å². The van der Waals surface area contributed by atoms with Crippen LogP contribution in [0.5, 0.6) is 0 Å². The summed E-state index contributed by atoms with van der Waals surface area (Å²) in [6.07, 6.45) is -3.33. The van der Waals surface area contributed by atoms with Gasteiger partial charge in [-0.25, -0.2) is 0 Å². The van der Waals surface area contributed by atoms with Crippen molar-refractivity contribution in [3.63, 3.8) is 0 Å². The highest BCUT2D eigenvalue weighted by atomic mass is 19.4. The number of alkyl halides is 3. The number of amides is 1. The predicted molar refractivity (Wildman–Crippen MR) is 97.0 cm³/mol. The Morgan fingerprint density at radius 2 is 1.73 bits per heavy atom. The Balaban J connectivity index is 1.92. The smallest absolute Gasteiger partial charge is 0.324 e. The van der Waals surface area contributed by atoms with E-state index < -0.39 is 45.0 Å². The van der Waals surface area contributed by atoms with Gasteiger partial charge in [0.1, 0.15) is 11.6 Å². The third-order valence-electron chi connectivity index (χ3n) is 4.81. The van der Waals surface area contributed by atoms with Gasteiger partial charge < -0.3 is 5.32 Å². The van der Waals surface area contributed by atoms with Crippen molar-refractivity contribution >= 4 is 23.0 Å². The zero-order chi connectivity index (χ0) is 22.4. The number of hydrogen-bond acceptors (Lipinski definition) is 6. The average Bonchev–Trinajstić information content (AvgIpc) is 3.38. The molecular weight excluding hydrogens is 411 g/mol. The third kappa shape index (κ3) is 4.09. The molecule has 3 rings (SSSR count). The first-order chi connectivity index (χ1) is 13.9. The number of rotatable bonds is 6. The maximum Gasteiger partial charge on any atom is 0.435 e. The highest BCUT2D eigenvalue weighted by molar-refractivity contribution is 5.94. The van der Waals surface area contributed by atoms with Gasteiger partial charge in [0, 0.05) is 23.7 Å². The van der Waals surface area contributed by atoms with E-state index in [1.807, 2.05) is 0 Å². The molecule has 1 saturated carbocycles. The number of carbonyl (C=O) groups is 1. The number of aromatic nitrogens is 2. The van der Waals surface area contributed by atoms with Crippen LogP contribution >= 0.6 is 0 Å². The molecule has 1 fully saturated rings. The van der Waals surface area contributed by atoms with E-state index in [4.69, 9.17) is 0 Å². The van der Waals surface area contributed by atoms with Gasteiger partial charge >= 0.3 is 6.18 Å². The summed E-state index contributed by atoms with van der Waals surface area (Å²) in [5.74, 6) is -0.952. The van der Waals surface area contributed by atoms with E-state index >= 15 is 0 Å². The predicted octanol–water partition coefficient (Wildman–Crippen LogP) is 4.10. The lowest BCUT2D eigenvalue weighted by atomic mass is 10.1. The highest BCUT2D eigenvalue weighted by Crippen LogP contribution is 2.43. The monoisotopic (exact) mass is 427 g/mol. The van der Waals surface area contributed by atoms with Gasteiger partial charge in [0.05, 0.1) is 15.5 Å². The fourth-order valence-corrected chi connectivity index (χ4v) is 3.03. The summed E-state index contributed by atoms with van der Waals surface area (Å²) in [5.41, 5.74) is -2.38. The van der Waals surface area contributed by atoms with Gasteiger partial charge in [0.2, 0.25) is 5.91 Å². The maximum atomic E-state index is 13.1. The Morgan fingerprint density at radius 3 is 2.17 bits per heavy atom. The van der Waals surface area contributed by atoms with Crippen LogP contribution in [0.3, 0.4) is 0 Å². The van der Waals surface area contributed by atoms with E-state index in [2.05, 4.69) is 10.4 Å². The van der Waals surface area contributed by atoms with Crippen molar-refractivity contribution in [2.75, 3.05) is 5.32 Å². The largest absolute Gasteiger partial charge is 0.435 e. The Hall–Kier alpha value is -3.51. The molecule has 160 valence electrons. The number of nitro groups is 2. The second-order valence-electron chi connectivity index (χ2n) is 6.99. The van der Waals surface area contributed by atoms with E-state index in [1.165, 1.54) is 13.8 Å². The minimum Gasteiger partial charge on any atom is -0.324 e. The van der Waals surface area contributed by atoms with Crippen LogP contribution in [0.15, 0.2) is 18.2 Å². The summed E-state index contributed by atoms with van der Waals surface area (Å²) in [6, 6.07) is 1.64. The summed E-state index contributed by atoms with van der Waals surface area (Å²) in [5, 5.41) is 28.2. The molecule has 0 aliphatic heterocycles. The molecule has 0 spiro atoms. The van der Waals surface area contributed by atoms with Crippen LogP contribution in [0.1, 0.15) is 48.7 Å². The van der Waals surface area contributed by atoms with Crippen LogP contribution in [-0.4, -0.2) is 25.5 Å². The first-order valence-electron chi connectivity index (χ1n) is 8.81. The van der Waals surface area contributed by atoms with Gasteiger partial charge in [0.25, 0.3) is 11.4 Å². The number of nitro benzene ring substituents is 2. The minimum absolute atomic E-state index is 0.134. The topological polar surface area (TPSA) is 133 Å². The van der Waals surface area contributed by atoms with Crippen molar-refractivity contribution in [3.8, 4) is 0 Å². The molecule has 1 aromatic carbocycles. The molecular formula is C17H16F3N5O5. The van der Waals surface area contributed by atoms with Crippen LogP contribution in [0.2, 0.25) is 0 Å². The lowest BCUT2D eigenvalue weighted by Gasteiger charge is -2.16. The Kier molecular flexibility index (Phi) is 5.22. The van der Waals surface area contributed by atoms with Gasteiger partial charge in [0.15, 0.2) is 5.69 Å². The van der Waals surface area contributed by atoms with Gasteiger partial charge in [-0.3, -0.25) is 29.7 Å². The molecule has 1 amide bonds. The van der Waals surface area contributed by atoms with Crippen molar-refractivity contribution in [3.05, 3.63) is 55.4 Å². The molecule has 0 bridgehead atoms. The van der Waals surface area contributed by atoms with Crippen LogP contribution in [-0.2, 0) is 11.0 Å². The van der Waals surface area contributed by atoms with E-state index in [0.29, 0.717) is 12.8 Å². The normalized spacial score (nSPS) is 15.0. The second-order valence-corrected chi connectivity index (χ2v) is 6.99. The fraction of sp³-hybridized carbons (Fsp3) is 0.412. The molecule has 13 heteroatoms. The minimum atomic E-state index is -4.68. The number of nitrogens with zero attached hydrogens (tertiary/aromatic N) is 4. The molecule has 1 N–H and O–H groups in total. The van der Waals surface area contributed by atoms with Crippen LogP contribution in [0.4, 0.5) is 30.2 Å². The second kappa shape index (κ2) is 7.39. The SMILES string of the molecule is Cc1c([N+](=O)[O-])cc(NC(=O)C(C)n2nc(C(F)(F)F)cc2C2CC2)cc1[N+](=O)[O-]. The van der Waals surface area contributed by atoms with Crippen LogP contribution < -0.4 is 5.32 Å². The van der Waals surface area contributed by atoms with E-state index in [0.717, 1.165) is 22.9 Å². The molecule has 1 aromatic heterocycles. The lowest BCUT2D eigenvalue weighted by molar-refractivity contribution is -0.395. The van der Waals surface area contributed by atoms with Gasteiger partial charge in [-0.15, -0.1) is 0 Å². The van der Waals surface area contributed by atoms with Crippen LogP contribution in [0, 0.1) is 27.2 Å². The Bertz CT molecular complexity index is 1010. The van der Waals surface area contributed by atoms with Gasteiger partial charge in [-0.1, -0.05) is 0 Å². The van der Waals surface area contributed by atoms with E-state index in [9.17, 15) is 38.2 Å². The summed E-state index contributed by atoms with van der Waals surface area (Å²) < 4.78 is 40.1. The molecule has 0 radical (unpaired) electrons. The molecule has 30 heavy (non-hydrogen) atoms. The van der Waals surface area contributed by atoms with Crippen molar-refractivity contribution in [1.82, 2.24) is 9.78 Å². The molecule has 1 unspecified atom stereocenters. The summed E-state index contributed by atoms with van der Waals surface area (Å²) in [7, 11) is 0. The van der Waals surface area contributed by atoms with Crippen molar-refractivity contribution in [2.45, 2.75) is 44.8 Å². The fourth-order valence-electron chi connectivity index (χ4n) is 3.03. The number of benzene rings is 1. The molecule has 0 saturated heterocycles. The molecule has 1 aliphatic carbocycles. The standard InChI is InChI=1S/C17H16F3N5O5/c1-8-12(24(27)28)5-11(6-13(8)25(29)30)21-16(26)9(2)23-14(10-3-4-10)7-15(22-23)17(18,19)20/h5-7,9-10H,3-4H2,1-2H3,(H,21,26). The van der Waals surface area contributed by atoms with Gasteiger partial charge in [-0.2, -0.15) is 18.3 Å². The quantitative estimate of drug-likeness (QED) is 0.545. The number of nitrogens with one attached hydrogen (secondary N) is 1. The summed E-state index contributed by atoms with van der Waals surface area (Å²) in [4.78, 5) is 33.3. The summed E-state index contributed by atoms with van der Waals surface area (Å²) >= 11 is 0. The Morgan fingerprint density at radius 1 is 1.20 bits per heavy atom. The van der Waals surface area contributed by atoms with Crippen molar-refractivity contribution in [2.24, 2.45) is 0 Å². The third-order valence-corrected chi connectivity index (χ3v) is 4.81. The number of halogens is 3. The molecule has 1 aliphatic rings. The molecule has 1 heterocycles. The molecule has 1 atom stereocenters. The van der Waals surface area contributed by atoms with Crippen molar-refractivity contribution < 1.29 is 27.8 Å². The molecule has 10 nitrogen and oxygen atoms in total. The average molecular weight is 427 g/mol. The molecule has 2 aromatic rings. The van der Waals surface area contributed by atoms with Crippen molar-refractivity contribution in [1.29, 1.82) is 0 Å². The van der Waals surface area contributed by atoms with E-state index in [-0.39, 0.29) is 22.9 Å². The maximum absolute atomic E-state index is 13.1. The van der Waals surface area contributed by atoms with E-state index in [1.54, 1.807) is 0 Å². The zero-order valence-corrected chi connectivity index (χ0v) is 15.8. The Labute approximate surface area is 167 Å². The summed E-state index contributed by atoms with van der Waals surface area (Å²) in [6.45, 7) is 2.53. The number of anilines is 1. The first-order valence-corrected chi connectivity index (χ1v) is 8.81. The zero-order valence-electron chi connectivity index (χ0n) is 15.8. The number of hydrogen-bond donors (Lipinski definition) is 1. The van der Waals surface area contributed by atoms with Gasteiger partial charge in [-0.05, 0) is 32.8 Å². The number of carbonyl (C=O) groups excluding carboxylic acids is 1. The first kappa shape index (κ1) is 21.2. The highest BCUT2D eigenvalue weighted by Gasteiger charge is 2.39.